The van der Waals surface area contributed by atoms with Crippen molar-refractivity contribution in [2.75, 3.05) is 27.3 Å². The maximum atomic E-state index is 12.4. The lowest BCUT2D eigenvalue weighted by atomic mass is 9.89. The fraction of sp³-hybridized carbons (Fsp3) is 0.381. The van der Waals surface area contributed by atoms with Gasteiger partial charge in [0.2, 0.25) is 5.91 Å². The van der Waals surface area contributed by atoms with Gasteiger partial charge in [-0.3, -0.25) is 14.5 Å². The number of carboxylic acids is 1. The van der Waals surface area contributed by atoms with Gasteiger partial charge in [-0.25, -0.2) is 0 Å². The predicted molar refractivity (Wildman–Crippen MR) is 197 cm³/mol. The Bertz CT molecular complexity index is 1830. The molecule has 4 aromatic rings. The van der Waals surface area contributed by atoms with Crippen LogP contribution in [-0.4, -0.2) is 60.4 Å². The Labute approximate surface area is 305 Å². The summed E-state index contributed by atoms with van der Waals surface area (Å²) in [6.45, 7) is 4.91. The lowest BCUT2D eigenvalue weighted by Crippen LogP contribution is -2.45. The lowest BCUT2D eigenvalue weighted by Gasteiger charge is -2.43. The minimum absolute atomic E-state index is 0.0164. The van der Waals surface area contributed by atoms with Gasteiger partial charge < -0.3 is 34.5 Å². The number of carboxylic acid groups (broad SMARTS) is 1. The third-order valence-electron chi connectivity index (χ3n) is 10.1. The van der Waals surface area contributed by atoms with Gasteiger partial charge >= 0.3 is 5.97 Å². The van der Waals surface area contributed by atoms with Gasteiger partial charge in [0.1, 0.15) is 0 Å². The molecule has 4 atom stereocenters. The molecule has 10 heteroatoms. The Morgan fingerprint density at radius 2 is 1.58 bits per heavy atom. The molecule has 1 fully saturated rings. The Morgan fingerprint density at radius 3 is 2.27 bits per heavy atom. The van der Waals surface area contributed by atoms with E-state index in [0.717, 1.165) is 70.9 Å². The molecule has 274 valence electrons. The molecule has 0 saturated carbocycles. The second-order valence-electron chi connectivity index (χ2n) is 13.6. The summed E-state index contributed by atoms with van der Waals surface area (Å²) in [5, 5.41) is 21.5. The van der Waals surface area contributed by atoms with Crippen LogP contribution in [0.2, 0.25) is 0 Å². The van der Waals surface area contributed by atoms with Gasteiger partial charge in [0, 0.05) is 50.5 Å². The average Bonchev–Trinajstić information content (AvgIpc) is 3.17. The Kier molecular flexibility index (Phi) is 12.2. The van der Waals surface area contributed by atoms with Crippen LogP contribution in [0.1, 0.15) is 72.0 Å². The van der Waals surface area contributed by atoms with Crippen molar-refractivity contribution >= 4 is 11.9 Å². The second kappa shape index (κ2) is 17.2. The zero-order valence-corrected chi connectivity index (χ0v) is 30.0. The van der Waals surface area contributed by atoms with Crippen molar-refractivity contribution in [1.82, 2.24) is 10.2 Å². The highest BCUT2D eigenvalue weighted by Crippen LogP contribution is 2.43. The molecule has 1 amide bonds. The molecule has 0 aromatic heterocycles. The summed E-state index contributed by atoms with van der Waals surface area (Å²) < 4.78 is 24.7. The molecular formula is C42H48N2O8. The monoisotopic (exact) mass is 708 g/mol. The summed E-state index contributed by atoms with van der Waals surface area (Å²) in [5.41, 5.74) is 8.26. The normalized spacial score (nSPS) is 20.2. The number of aliphatic hydroxyl groups excluding tert-OH is 1. The minimum atomic E-state index is -0.904. The van der Waals surface area contributed by atoms with Gasteiger partial charge in [-0.2, -0.15) is 0 Å². The molecule has 1 saturated heterocycles. The van der Waals surface area contributed by atoms with Crippen LogP contribution < -0.4 is 14.8 Å². The number of carbonyl (C=O) groups excluding carboxylic acids is 1. The Balaban J connectivity index is 1.20. The van der Waals surface area contributed by atoms with Gasteiger partial charge in [-0.05, 0) is 63.9 Å². The van der Waals surface area contributed by atoms with E-state index < -0.39 is 12.3 Å². The van der Waals surface area contributed by atoms with Crippen LogP contribution in [-0.2, 0) is 45.2 Å². The number of amides is 1. The summed E-state index contributed by atoms with van der Waals surface area (Å²) in [6, 6.07) is 28.2. The van der Waals surface area contributed by atoms with Crippen molar-refractivity contribution in [2.24, 2.45) is 5.92 Å². The van der Waals surface area contributed by atoms with Crippen molar-refractivity contribution in [3.05, 3.63) is 118 Å². The molecule has 0 radical (unpaired) electrons. The minimum Gasteiger partial charge on any atom is -0.493 e. The highest BCUT2D eigenvalue weighted by Gasteiger charge is 2.39. The first kappa shape index (κ1) is 37.0. The number of benzene rings is 4. The van der Waals surface area contributed by atoms with Crippen LogP contribution in [0.3, 0.4) is 0 Å². The lowest BCUT2D eigenvalue weighted by molar-refractivity contribution is -0.276. The zero-order chi connectivity index (χ0) is 36.6. The molecule has 10 nitrogen and oxygen atoms in total. The highest BCUT2D eigenvalue weighted by atomic mass is 16.7. The molecule has 4 aromatic carbocycles. The molecule has 2 aliphatic rings. The maximum Gasteiger partial charge on any atom is 0.303 e. The molecule has 2 heterocycles. The standard InChI is InChI=1S/C42H48N2O8/c1-27-38(25-44-20-19-32-21-36(49-2)37(50-3)22-34(32)24-44)51-42(52-41(27)30-13-11-28(26-45)12-14-30)31-17-15-29(16-18-31)35-8-5-4-7-33(35)23-43-39(46)9-6-10-40(47)48/h4-5,7-8,11-18,21-22,27,38,41-42,45H,6,9-10,19-20,23-26H2,1-3H3,(H,43,46)(H,47,48)/t27-,38+,41+,42+/m0/s1. The van der Waals surface area contributed by atoms with Crippen molar-refractivity contribution in [3.63, 3.8) is 0 Å². The van der Waals surface area contributed by atoms with E-state index in [4.69, 9.17) is 24.1 Å². The number of hydrogen-bond acceptors (Lipinski definition) is 8. The zero-order valence-electron chi connectivity index (χ0n) is 30.0. The van der Waals surface area contributed by atoms with Gasteiger partial charge in [-0.15, -0.1) is 0 Å². The van der Waals surface area contributed by atoms with Crippen molar-refractivity contribution in [3.8, 4) is 22.6 Å². The van der Waals surface area contributed by atoms with E-state index >= 15 is 0 Å². The van der Waals surface area contributed by atoms with Crippen LogP contribution in [0, 0.1) is 5.92 Å². The van der Waals surface area contributed by atoms with Crippen LogP contribution in [0.5, 0.6) is 11.5 Å². The van der Waals surface area contributed by atoms with Gasteiger partial charge in [0.05, 0.1) is 33.0 Å². The van der Waals surface area contributed by atoms with Crippen molar-refractivity contribution < 1.29 is 38.7 Å². The van der Waals surface area contributed by atoms with E-state index in [1.807, 2.05) is 60.7 Å². The number of ether oxygens (including phenoxy) is 4. The molecule has 0 aliphatic carbocycles. The number of aliphatic carboxylic acids is 1. The topological polar surface area (TPSA) is 127 Å². The molecule has 0 spiro atoms. The largest absolute Gasteiger partial charge is 0.493 e. The van der Waals surface area contributed by atoms with Gasteiger partial charge in [-0.1, -0.05) is 79.7 Å². The van der Waals surface area contributed by atoms with Crippen molar-refractivity contribution in [2.45, 2.75) is 70.8 Å². The first-order chi connectivity index (χ1) is 25.3. The first-order valence-electron chi connectivity index (χ1n) is 17.9. The van der Waals surface area contributed by atoms with E-state index in [1.165, 1.54) is 11.1 Å². The van der Waals surface area contributed by atoms with Crippen LogP contribution in [0.15, 0.2) is 84.9 Å². The smallest absolute Gasteiger partial charge is 0.303 e. The SMILES string of the molecule is COc1cc2c(cc1OC)CN(C[C@H]1O[C@@H](c3ccc(-c4ccccc4CNC(=O)CCCC(=O)O)cc3)O[C@@H](c3ccc(CO)cc3)[C@H]1C)CC2. The number of hydrogen-bond donors (Lipinski definition) is 3. The van der Waals surface area contributed by atoms with Crippen LogP contribution >= 0.6 is 0 Å². The molecule has 0 bridgehead atoms. The third kappa shape index (κ3) is 8.82. The van der Waals surface area contributed by atoms with E-state index in [9.17, 15) is 14.7 Å². The predicted octanol–water partition coefficient (Wildman–Crippen LogP) is 6.58. The van der Waals surface area contributed by atoms with Crippen molar-refractivity contribution in [1.29, 1.82) is 0 Å². The van der Waals surface area contributed by atoms with Crippen LogP contribution in [0.25, 0.3) is 11.1 Å². The van der Waals surface area contributed by atoms with Gasteiger partial charge in [0.15, 0.2) is 17.8 Å². The number of aliphatic hydroxyl groups is 1. The number of fused-ring (bicyclic) bond motifs is 1. The number of methoxy groups -OCH3 is 2. The summed E-state index contributed by atoms with van der Waals surface area (Å²) in [4.78, 5) is 25.6. The maximum absolute atomic E-state index is 12.4. The fourth-order valence-electron chi connectivity index (χ4n) is 7.14. The highest BCUT2D eigenvalue weighted by molar-refractivity contribution is 5.77. The molecule has 0 unspecified atom stereocenters. The molecule has 6 rings (SSSR count). The fourth-order valence-corrected chi connectivity index (χ4v) is 7.14. The third-order valence-corrected chi connectivity index (χ3v) is 10.1. The first-order valence-corrected chi connectivity index (χ1v) is 17.9. The van der Waals surface area contributed by atoms with E-state index in [1.54, 1.807) is 14.2 Å². The molecular weight excluding hydrogens is 660 g/mol. The summed E-state index contributed by atoms with van der Waals surface area (Å²) in [7, 11) is 3.33. The van der Waals surface area contributed by atoms with E-state index in [-0.39, 0.29) is 43.5 Å². The molecule has 2 aliphatic heterocycles. The Morgan fingerprint density at radius 1 is 0.885 bits per heavy atom. The molecule has 3 N–H and O–H groups in total. The number of carbonyl (C=O) groups is 2. The van der Waals surface area contributed by atoms with Crippen LogP contribution in [0.4, 0.5) is 0 Å². The van der Waals surface area contributed by atoms with E-state index in [2.05, 4.69) is 41.4 Å². The second-order valence-corrected chi connectivity index (χ2v) is 13.6. The Hall–Kier alpha value is -4.74. The molecule has 52 heavy (non-hydrogen) atoms. The van der Waals surface area contributed by atoms with Gasteiger partial charge in [0.25, 0.3) is 0 Å². The number of nitrogens with zero attached hydrogens (tertiary/aromatic N) is 1. The summed E-state index contributed by atoms with van der Waals surface area (Å²) >= 11 is 0. The average molecular weight is 709 g/mol. The number of nitrogens with one attached hydrogen (secondary N) is 1. The van der Waals surface area contributed by atoms with E-state index in [0.29, 0.717) is 13.0 Å². The summed E-state index contributed by atoms with van der Waals surface area (Å²) in [5.74, 6) is 0.456. The quantitative estimate of drug-likeness (QED) is 0.133. The number of rotatable bonds is 14. The summed E-state index contributed by atoms with van der Waals surface area (Å²) in [6.07, 6.45) is 0.409.